The number of aromatic hydroxyl groups is 2. The van der Waals surface area contributed by atoms with Gasteiger partial charge in [-0.25, -0.2) is 5.43 Å². The number of hydrazone groups is 1. The van der Waals surface area contributed by atoms with Crippen LogP contribution in [0.15, 0.2) is 53.6 Å². The van der Waals surface area contributed by atoms with E-state index in [0.717, 1.165) is 19.4 Å². The minimum Gasteiger partial charge on any atom is -0.507 e. The van der Waals surface area contributed by atoms with Crippen LogP contribution in [0.25, 0.3) is 0 Å². The van der Waals surface area contributed by atoms with Gasteiger partial charge in [-0.15, -0.1) is 0 Å². The molecule has 0 bridgehead atoms. The predicted octanol–water partition coefficient (Wildman–Crippen LogP) is 1.72. The standard InChI is InChI=1S/C18H19N3O3/c22-15-9-3-1-6-12(15)17(13-7-2-4-10-16(13)23)20-21-18(24)14-8-5-11-19-14/h1-4,6-7,9-10,14,19,22-23H,5,8,11H2,(H,21,24)/t14-/m0/s1. The number of rotatable bonds is 4. The molecule has 1 fully saturated rings. The van der Waals surface area contributed by atoms with Crippen LogP contribution in [0.3, 0.4) is 0 Å². The summed E-state index contributed by atoms with van der Waals surface area (Å²) in [6.07, 6.45) is 1.72. The third kappa shape index (κ3) is 3.38. The van der Waals surface area contributed by atoms with Crippen molar-refractivity contribution in [3.63, 3.8) is 0 Å². The topological polar surface area (TPSA) is 94.0 Å². The normalized spacial score (nSPS) is 16.6. The van der Waals surface area contributed by atoms with E-state index in [-0.39, 0.29) is 23.4 Å². The van der Waals surface area contributed by atoms with Crippen LogP contribution in [0.4, 0.5) is 0 Å². The molecule has 0 aromatic heterocycles. The van der Waals surface area contributed by atoms with E-state index in [2.05, 4.69) is 15.8 Å². The number of phenolic OH excluding ortho intramolecular Hbond substituents is 2. The predicted molar refractivity (Wildman–Crippen MR) is 91.0 cm³/mol. The van der Waals surface area contributed by atoms with E-state index in [1.54, 1.807) is 36.4 Å². The Hall–Kier alpha value is -2.86. The first-order chi connectivity index (χ1) is 11.7. The Labute approximate surface area is 139 Å². The highest BCUT2D eigenvalue weighted by Gasteiger charge is 2.22. The number of carbonyl (C=O) groups is 1. The summed E-state index contributed by atoms with van der Waals surface area (Å²) in [7, 11) is 0. The van der Waals surface area contributed by atoms with Crippen LogP contribution in [0.2, 0.25) is 0 Å². The maximum absolute atomic E-state index is 12.2. The summed E-state index contributed by atoms with van der Waals surface area (Å²) in [5.41, 5.74) is 3.70. The van der Waals surface area contributed by atoms with Crippen LogP contribution in [0, 0.1) is 0 Å². The molecule has 1 amide bonds. The lowest BCUT2D eigenvalue weighted by Gasteiger charge is -2.12. The number of benzene rings is 2. The molecule has 6 heteroatoms. The molecule has 1 aliphatic heterocycles. The fraction of sp³-hybridized carbons (Fsp3) is 0.222. The summed E-state index contributed by atoms with van der Waals surface area (Å²) in [6, 6.07) is 13.1. The Kier molecular flexibility index (Phi) is 4.77. The van der Waals surface area contributed by atoms with E-state index in [1.165, 1.54) is 12.1 Å². The van der Waals surface area contributed by atoms with Gasteiger partial charge in [-0.3, -0.25) is 4.79 Å². The molecule has 6 nitrogen and oxygen atoms in total. The molecule has 4 N–H and O–H groups in total. The number of para-hydroxylation sites is 2. The van der Waals surface area contributed by atoms with Crippen molar-refractivity contribution in [2.24, 2.45) is 5.10 Å². The average molecular weight is 325 g/mol. The highest BCUT2D eigenvalue weighted by atomic mass is 16.3. The van der Waals surface area contributed by atoms with Crippen molar-refractivity contribution in [2.45, 2.75) is 18.9 Å². The van der Waals surface area contributed by atoms with Crippen molar-refractivity contribution in [2.75, 3.05) is 6.54 Å². The van der Waals surface area contributed by atoms with E-state index in [1.807, 2.05) is 0 Å². The van der Waals surface area contributed by atoms with Crippen molar-refractivity contribution < 1.29 is 15.0 Å². The molecule has 24 heavy (non-hydrogen) atoms. The first-order valence-electron chi connectivity index (χ1n) is 7.84. The van der Waals surface area contributed by atoms with Crippen LogP contribution >= 0.6 is 0 Å². The SMILES string of the molecule is O=C(NN=C(c1ccccc1O)c1ccccc1O)[C@@H]1CCCN1. The zero-order valence-electron chi connectivity index (χ0n) is 13.1. The van der Waals surface area contributed by atoms with Crippen LogP contribution < -0.4 is 10.7 Å². The molecule has 1 aliphatic rings. The van der Waals surface area contributed by atoms with Gasteiger partial charge in [0.15, 0.2) is 0 Å². The first kappa shape index (κ1) is 16.0. The lowest BCUT2D eigenvalue weighted by molar-refractivity contribution is -0.122. The number of nitrogens with one attached hydrogen (secondary N) is 2. The monoisotopic (exact) mass is 325 g/mol. The maximum atomic E-state index is 12.2. The Morgan fingerprint density at radius 3 is 2.12 bits per heavy atom. The number of nitrogens with zero attached hydrogens (tertiary/aromatic N) is 1. The van der Waals surface area contributed by atoms with Gasteiger partial charge in [0.05, 0.1) is 6.04 Å². The number of hydrogen-bond donors (Lipinski definition) is 4. The molecule has 3 rings (SSSR count). The van der Waals surface area contributed by atoms with E-state index in [9.17, 15) is 15.0 Å². The largest absolute Gasteiger partial charge is 0.507 e. The van der Waals surface area contributed by atoms with Gasteiger partial charge >= 0.3 is 0 Å². The minimum absolute atomic E-state index is 0.0211. The van der Waals surface area contributed by atoms with Crippen LogP contribution in [0.1, 0.15) is 24.0 Å². The molecule has 1 heterocycles. The van der Waals surface area contributed by atoms with Gasteiger partial charge in [0.25, 0.3) is 5.91 Å². The van der Waals surface area contributed by atoms with Gasteiger partial charge in [-0.1, -0.05) is 24.3 Å². The highest BCUT2D eigenvalue weighted by Crippen LogP contribution is 2.25. The van der Waals surface area contributed by atoms with Gasteiger partial charge < -0.3 is 15.5 Å². The van der Waals surface area contributed by atoms with E-state index in [0.29, 0.717) is 16.8 Å². The van der Waals surface area contributed by atoms with Crippen LogP contribution in [-0.2, 0) is 4.79 Å². The third-order valence-electron chi connectivity index (χ3n) is 3.97. The molecule has 0 aliphatic carbocycles. The Morgan fingerprint density at radius 2 is 1.62 bits per heavy atom. The quantitative estimate of drug-likeness (QED) is 0.508. The van der Waals surface area contributed by atoms with Crippen molar-refractivity contribution >= 4 is 11.6 Å². The van der Waals surface area contributed by atoms with Gasteiger partial charge in [0, 0.05) is 11.1 Å². The lowest BCUT2D eigenvalue weighted by Crippen LogP contribution is -2.38. The summed E-state index contributed by atoms with van der Waals surface area (Å²) in [5, 5.41) is 27.5. The maximum Gasteiger partial charge on any atom is 0.257 e. The van der Waals surface area contributed by atoms with Gasteiger partial charge in [-0.05, 0) is 43.7 Å². The van der Waals surface area contributed by atoms with Gasteiger partial charge in [0.2, 0.25) is 0 Å². The smallest absolute Gasteiger partial charge is 0.257 e. The molecule has 0 radical (unpaired) electrons. The molecule has 2 aromatic carbocycles. The molecule has 1 saturated heterocycles. The first-order valence-corrected chi connectivity index (χ1v) is 7.84. The molecule has 124 valence electrons. The van der Waals surface area contributed by atoms with Gasteiger partial charge in [0.1, 0.15) is 17.2 Å². The van der Waals surface area contributed by atoms with Crippen molar-refractivity contribution in [3.05, 3.63) is 59.7 Å². The minimum atomic E-state index is -0.260. The zero-order chi connectivity index (χ0) is 16.9. The molecular formula is C18H19N3O3. The lowest BCUT2D eigenvalue weighted by atomic mass is 10.0. The second kappa shape index (κ2) is 7.14. The second-order valence-electron chi connectivity index (χ2n) is 5.62. The number of hydrogen-bond acceptors (Lipinski definition) is 5. The number of phenols is 2. The molecule has 0 saturated carbocycles. The number of carbonyl (C=O) groups excluding carboxylic acids is 1. The summed E-state index contributed by atoms with van der Waals surface area (Å²) < 4.78 is 0. The Bertz CT molecular complexity index is 720. The summed E-state index contributed by atoms with van der Waals surface area (Å²) in [5.74, 6) is -0.184. The van der Waals surface area contributed by atoms with Crippen molar-refractivity contribution in [1.29, 1.82) is 0 Å². The van der Waals surface area contributed by atoms with Crippen molar-refractivity contribution in [1.82, 2.24) is 10.7 Å². The van der Waals surface area contributed by atoms with E-state index >= 15 is 0 Å². The second-order valence-corrected chi connectivity index (χ2v) is 5.62. The van der Waals surface area contributed by atoms with Crippen molar-refractivity contribution in [3.8, 4) is 11.5 Å². The molecular weight excluding hydrogens is 306 g/mol. The fourth-order valence-corrected chi connectivity index (χ4v) is 2.71. The van der Waals surface area contributed by atoms with Crippen LogP contribution in [-0.4, -0.2) is 34.4 Å². The molecule has 1 atom stereocenters. The van der Waals surface area contributed by atoms with E-state index in [4.69, 9.17) is 0 Å². The summed E-state index contributed by atoms with van der Waals surface area (Å²) in [4.78, 5) is 12.2. The average Bonchev–Trinajstić information content (AvgIpc) is 3.12. The van der Waals surface area contributed by atoms with E-state index < -0.39 is 0 Å². The molecule has 2 aromatic rings. The van der Waals surface area contributed by atoms with Crippen LogP contribution in [0.5, 0.6) is 11.5 Å². The Balaban J connectivity index is 1.96. The Morgan fingerprint density at radius 1 is 1.04 bits per heavy atom. The molecule has 0 spiro atoms. The summed E-state index contributed by atoms with van der Waals surface area (Å²) in [6.45, 7) is 0.813. The highest BCUT2D eigenvalue weighted by molar-refractivity contribution is 6.16. The zero-order valence-corrected chi connectivity index (χ0v) is 13.1. The van der Waals surface area contributed by atoms with Gasteiger partial charge in [-0.2, -0.15) is 5.10 Å². The third-order valence-corrected chi connectivity index (χ3v) is 3.97. The fourth-order valence-electron chi connectivity index (χ4n) is 2.71. The summed E-state index contributed by atoms with van der Waals surface area (Å²) >= 11 is 0. The number of amides is 1. The molecule has 0 unspecified atom stereocenters.